The van der Waals surface area contributed by atoms with Gasteiger partial charge in [-0.15, -0.1) is 0 Å². The number of H-pyrrole nitrogens is 1. The number of rotatable bonds is 1. The zero-order chi connectivity index (χ0) is 9.10. The van der Waals surface area contributed by atoms with E-state index in [0.717, 1.165) is 17.4 Å². The standard InChI is InChI=1S/C9H12N2OS/c12-9-10-8(11-13-9)6-7-4-2-1-3-5-7/h6H,1-5H2,(H,10,11,12). The topological polar surface area (TPSA) is 45.8 Å². The van der Waals surface area contributed by atoms with Crippen LogP contribution in [0.15, 0.2) is 10.4 Å². The molecule has 4 heteroatoms. The fourth-order valence-corrected chi connectivity index (χ4v) is 2.08. The van der Waals surface area contributed by atoms with E-state index in [1.165, 1.54) is 37.7 Å². The lowest BCUT2D eigenvalue weighted by Gasteiger charge is -2.12. The van der Waals surface area contributed by atoms with Crippen LogP contribution in [0.1, 0.15) is 37.9 Å². The molecule has 0 bridgehead atoms. The average Bonchev–Trinajstić information content (AvgIpc) is 2.53. The van der Waals surface area contributed by atoms with Gasteiger partial charge in [0.2, 0.25) is 0 Å². The highest BCUT2D eigenvalue weighted by Gasteiger charge is 2.05. The highest BCUT2D eigenvalue weighted by atomic mass is 32.1. The smallest absolute Gasteiger partial charge is 0.296 e. The van der Waals surface area contributed by atoms with Gasteiger partial charge in [-0.1, -0.05) is 12.0 Å². The fourth-order valence-electron chi connectivity index (χ4n) is 1.65. The number of aromatic nitrogens is 2. The Balaban J connectivity index is 2.14. The SMILES string of the molecule is O=c1[nH]c(C=C2CCCCC2)ns1. The predicted molar refractivity (Wildman–Crippen MR) is 53.8 cm³/mol. The molecule has 1 fully saturated rings. The molecule has 0 radical (unpaired) electrons. The third kappa shape index (κ3) is 2.28. The molecule has 3 nitrogen and oxygen atoms in total. The van der Waals surface area contributed by atoms with Crippen molar-refractivity contribution in [3.63, 3.8) is 0 Å². The van der Waals surface area contributed by atoms with Crippen molar-refractivity contribution < 1.29 is 0 Å². The number of hydrogen-bond acceptors (Lipinski definition) is 3. The maximum Gasteiger partial charge on any atom is 0.323 e. The molecule has 0 unspecified atom stereocenters. The summed E-state index contributed by atoms with van der Waals surface area (Å²) in [6, 6.07) is 0. The summed E-state index contributed by atoms with van der Waals surface area (Å²) in [7, 11) is 0. The van der Waals surface area contributed by atoms with Crippen molar-refractivity contribution >= 4 is 17.6 Å². The quantitative estimate of drug-likeness (QED) is 0.748. The molecule has 1 aromatic heterocycles. The first-order valence-electron chi connectivity index (χ1n) is 4.60. The summed E-state index contributed by atoms with van der Waals surface area (Å²) in [6.45, 7) is 0. The molecule has 0 amide bonds. The number of nitrogens with one attached hydrogen (secondary N) is 1. The van der Waals surface area contributed by atoms with E-state index in [4.69, 9.17) is 0 Å². The van der Waals surface area contributed by atoms with E-state index in [-0.39, 0.29) is 4.87 Å². The highest BCUT2D eigenvalue weighted by Crippen LogP contribution is 2.23. The summed E-state index contributed by atoms with van der Waals surface area (Å²) in [5.74, 6) is 0.729. The van der Waals surface area contributed by atoms with Gasteiger partial charge in [0.25, 0.3) is 0 Å². The van der Waals surface area contributed by atoms with E-state index < -0.39 is 0 Å². The second kappa shape index (κ2) is 3.87. The lowest BCUT2D eigenvalue weighted by molar-refractivity contribution is 0.602. The summed E-state index contributed by atoms with van der Waals surface area (Å²) in [5, 5.41) is 0. The van der Waals surface area contributed by atoms with Crippen molar-refractivity contribution in [1.82, 2.24) is 9.36 Å². The molecular weight excluding hydrogens is 184 g/mol. The zero-order valence-electron chi connectivity index (χ0n) is 7.38. The van der Waals surface area contributed by atoms with Crippen LogP contribution in [0, 0.1) is 0 Å². The lowest BCUT2D eigenvalue weighted by Crippen LogP contribution is -1.95. The minimum Gasteiger partial charge on any atom is -0.296 e. The Bertz CT molecular complexity index is 356. The summed E-state index contributed by atoms with van der Waals surface area (Å²) in [4.78, 5) is 13.4. The predicted octanol–water partition coefficient (Wildman–Crippen LogP) is 2.18. The molecule has 13 heavy (non-hydrogen) atoms. The molecule has 0 aliphatic heterocycles. The first-order valence-corrected chi connectivity index (χ1v) is 5.37. The van der Waals surface area contributed by atoms with Gasteiger partial charge in [-0.3, -0.25) is 9.78 Å². The largest absolute Gasteiger partial charge is 0.323 e. The molecule has 1 saturated carbocycles. The third-order valence-electron chi connectivity index (χ3n) is 2.29. The average molecular weight is 196 g/mol. The Kier molecular flexibility index (Phi) is 2.59. The van der Waals surface area contributed by atoms with Gasteiger partial charge >= 0.3 is 4.87 Å². The monoisotopic (exact) mass is 196 g/mol. The molecule has 0 atom stereocenters. The van der Waals surface area contributed by atoms with E-state index >= 15 is 0 Å². The van der Waals surface area contributed by atoms with Crippen LogP contribution < -0.4 is 4.87 Å². The van der Waals surface area contributed by atoms with Crippen LogP contribution >= 0.6 is 11.5 Å². The molecule has 1 aromatic rings. The Hall–Kier alpha value is -0.900. The molecule has 0 saturated heterocycles. The summed E-state index contributed by atoms with van der Waals surface area (Å²) >= 11 is 0.987. The van der Waals surface area contributed by atoms with E-state index in [1.807, 2.05) is 6.08 Å². The molecule has 1 aliphatic rings. The van der Waals surface area contributed by atoms with Crippen LogP contribution in [0.2, 0.25) is 0 Å². The van der Waals surface area contributed by atoms with Gasteiger partial charge in [-0.2, -0.15) is 4.37 Å². The number of nitrogens with zero attached hydrogens (tertiary/aromatic N) is 1. The molecule has 0 spiro atoms. The van der Waals surface area contributed by atoms with Gasteiger partial charge in [0, 0.05) is 11.5 Å². The van der Waals surface area contributed by atoms with Gasteiger partial charge in [-0.25, -0.2) is 0 Å². The second-order valence-corrected chi connectivity index (χ2v) is 4.08. The van der Waals surface area contributed by atoms with E-state index in [9.17, 15) is 4.79 Å². The fraction of sp³-hybridized carbons (Fsp3) is 0.556. The normalized spacial score (nSPS) is 17.4. The van der Waals surface area contributed by atoms with Crippen LogP contribution in [0.3, 0.4) is 0 Å². The minimum absolute atomic E-state index is 0.0670. The highest BCUT2D eigenvalue weighted by molar-refractivity contribution is 7.02. The Morgan fingerprint density at radius 3 is 2.69 bits per heavy atom. The van der Waals surface area contributed by atoms with Crippen molar-refractivity contribution in [2.75, 3.05) is 0 Å². The van der Waals surface area contributed by atoms with Gasteiger partial charge in [0.15, 0.2) is 0 Å². The molecular formula is C9H12N2OS. The van der Waals surface area contributed by atoms with Crippen LogP contribution in [0.4, 0.5) is 0 Å². The first kappa shape index (κ1) is 8.69. The first-order chi connectivity index (χ1) is 6.34. The third-order valence-corrected chi connectivity index (χ3v) is 2.85. The maximum atomic E-state index is 10.8. The Morgan fingerprint density at radius 2 is 2.08 bits per heavy atom. The Labute approximate surface area is 80.7 Å². The summed E-state index contributed by atoms with van der Waals surface area (Å²) < 4.78 is 4.01. The Morgan fingerprint density at radius 1 is 1.31 bits per heavy atom. The van der Waals surface area contributed by atoms with Gasteiger partial charge < -0.3 is 0 Å². The molecule has 1 N–H and O–H groups in total. The van der Waals surface area contributed by atoms with Crippen LogP contribution in [0.25, 0.3) is 6.08 Å². The number of allylic oxidation sites excluding steroid dienone is 1. The van der Waals surface area contributed by atoms with E-state index in [2.05, 4.69) is 9.36 Å². The number of hydrogen-bond donors (Lipinski definition) is 1. The van der Waals surface area contributed by atoms with Crippen molar-refractivity contribution in [3.8, 4) is 0 Å². The van der Waals surface area contributed by atoms with Crippen molar-refractivity contribution in [2.24, 2.45) is 0 Å². The van der Waals surface area contributed by atoms with Crippen molar-refractivity contribution in [1.29, 1.82) is 0 Å². The lowest BCUT2D eigenvalue weighted by atomic mass is 9.95. The zero-order valence-corrected chi connectivity index (χ0v) is 8.19. The van der Waals surface area contributed by atoms with Crippen LogP contribution in [-0.2, 0) is 0 Å². The van der Waals surface area contributed by atoms with Gasteiger partial charge in [0.1, 0.15) is 5.82 Å². The molecule has 0 aromatic carbocycles. The van der Waals surface area contributed by atoms with Gasteiger partial charge in [0.05, 0.1) is 0 Å². The minimum atomic E-state index is -0.0670. The van der Waals surface area contributed by atoms with Crippen LogP contribution in [0.5, 0.6) is 0 Å². The van der Waals surface area contributed by atoms with E-state index in [1.54, 1.807) is 0 Å². The van der Waals surface area contributed by atoms with E-state index in [0.29, 0.717) is 0 Å². The summed E-state index contributed by atoms with van der Waals surface area (Å²) in [6.07, 6.45) is 8.25. The van der Waals surface area contributed by atoms with Gasteiger partial charge in [-0.05, 0) is 31.8 Å². The summed E-state index contributed by atoms with van der Waals surface area (Å²) in [5.41, 5.74) is 1.42. The molecule has 2 rings (SSSR count). The van der Waals surface area contributed by atoms with Crippen LogP contribution in [-0.4, -0.2) is 9.36 Å². The van der Waals surface area contributed by atoms with Crippen molar-refractivity contribution in [3.05, 3.63) is 21.1 Å². The second-order valence-electron chi connectivity index (χ2n) is 3.34. The molecule has 1 heterocycles. The van der Waals surface area contributed by atoms with Crippen molar-refractivity contribution in [2.45, 2.75) is 32.1 Å². The number of aromatic amines is 1. The molecule has 70 valence electrons. The maximum absolute atomic E-state index is 10.8. The molecule has 1 aliphatic carbocycles.